The van der Waals surface area contributed by atoms with Crippen LogP contribution in [0.25, 0.3) is 0 Å². The van der Waals surface area contributed by atoms with Crippen molar-refractivity contribution in [3.63, 3.8) is 0 Å². The van der Waals surface area contributed by atoms with Gasteiger partial charge in [0, 0.05) is 17.6 Å². The number of carbonyl (C=O) groups is 1. The molecule has 1 aromatic rings. The molecule has 0 bridgehead atoms. The molecule has 3 nitrogen and oxygen atoms in total. The van der Waals surface area contributed by atoms with Crippen LogP contribution in [0.1, 0.15) is 12.5 Å². The molecule has 0 heterocycles. The summed E-state index contributed by atoms with van der Waals surface area (Å²) in [4.78, 5) is 11.4. The number of nitrogens with one attached hydrogen (secondary N) is 1. The number of halogens is 1. The van der Waals surface area contributed by atoms with E-state index in [4.69, 9.17) is 4.74 Å². The van der Waals surface area contributed by atoms with Crippen molar-refractivity contribution < 1.29 is 9.53 Å². The second-order valence-corrected chi connectivity index (χ2v) is 3.54. The molecule has 0 aliphatic heterocycles. The van der Waals surface area contributed by atoms with Crippen LogP contribution in [0.5, 0.6) is 0 Å². The minimum atomic E-state index is -0.120. The number of hydrogen-bond donors (Lipinski definition) is 1. The first-order valence-electron chi connectivity index (χ1n) is 4.79. The fraction of sp³-hybridized carbons (Fsp3) is 0.364. The zero-order chi connectivity index (χ0) is 11.1. The van der Waals surface area contributed by atoms with Crippen LogP contribution in [0.15, 0.2) is 24.3 Å². The largest absolute Gasteiger partial charge is 0.372 e. The van der Waals surface area contributed by atoms with Gasteiger partial charge in [-0.2, -0.15) is 0 Å². The van der Waals surface area contributed by atoms with Gasteiger partial charge in [0.1, 0.15) is 6.61 Å². The predicted molar refractivity (Wildman–Crippen MR) is 64.2 cm³/mol. The summed E-state index contributed by atoms with van der Waals surface area (Å²) in [5, 5.41) is 3.52. The van der Waals surface area contributed by atoms with Gasteiger partial charge in [-0.3, -0.25) is 4.79 Å². The van der Waals surface area contributed by atoms with E-state index < -0.39 is 0 Å². The van der Waals surface area contributed by atoms with Gasteiger partial charge in [-0.25, -0.2) is 0 Å². The highest BCUT2D eigenvalue weighted by atomic mass is 79.9. The van der Waals surface area contributed by atoms with Crippen LogP contribution in [0.3, 0.4) is 0 Å². The van der Waals surface area contributed by atoms with E-state index in [0.717, 1.165) is 16.6 Å². The lowest BCUT2D eigenvalue weighted by molar-refractivity contribution is -0.120. The molecule has 0 spiro atoms. The SMILES string of the molecule is CCOCC(=O)Nc1ccccc1CBr. The molecule has 1 amide bonds. The van der Waals surface area contributed by atoms with Crippen LogP contribution < -0.4 is 5.32 Å². The van der Waals surface area contributed by atoms with Gasteiger partial charge in [-0.05, 0) is 18.6 Å². The molecular formula is C11H14BrNO2. The molecule has 15 heavy (non-hydrogen) atoms. The summed E-state index contributed by atoms with van der Waals surface area (Å²) < 4.78 is 5.02. The Morgan fingerprint density at radius 3 is 2.87 bits per heavy atom. The highest BCUT2D eigenvalue weighted by Crippen LogP contribution is 2.17. The van der Waals surface area contributed by atoms with Gasteiger partial charge < -0.3 is 10.1 Å². The van der Waals surface area contributed by atoms with Crippen molar-refractivity contribution in [3.8, 4) is 0 Å². The van der Waals surface area contributed by atoms with E-state index in [1.807, 2.05) is 31.2 Å². The van der Waals surface area contributed by atoms with Crippen LogP contribution in [0.2, 0.25) is 0 Å². The molecule has 0 saturated carbocycles. The van der Waals surface area contributed by atoms with Gasteiger partial charge in [0.25, 0.3) is 0 Å². The van der Waals surface area contributed by atoms with E-state index in [-0.39, 0.29) is 12.5 Å². The van der Waals surface area contributed by atoms with Crippen molar-refractivity contribution in [2.75, 3.05) is 18.5 Å². The number of para-hydroxylation sites is 1. The maximum absolute atomic E-state index is 11.4. The standard InChI is InChI=1S/C11H14BrNO2/c1-2-15-8-11(14)13-10-6-4-3-5-9(10)7-12/h3-6H,2,7-8H2,1H3,(H,13,14). The van der Waals surface area contributed by atoms with E-state index in [2.05, 4.69) is 21.2 Å². The Balaban J connectivity index is 2.59. The van der Waals surface area contributed by atoms with Crippen molar-refractivity contribution in [1.29, 1.82) is 0 Å². The van der Waals surface area contributed by atoms with Gasteiger partial charge in [0.05, 0.1) is 0 Å². The summed E-state index contributed by atoms with van der Waals surface area (Å²) in [6.07, 6.45) is 0. The normalized spacial score (nSPS) is 10.0. The first kappa shape index (κ1) is 12.2. The van der Waals surface area contributed by atoms with Crippen LogP contribution in [-0.2, 0) is 14.9 Å². The molecule has 1 rings (SSSR count). The topological polar surface area (TPSA) is 38.3 Å². The van der Waals surface area contributed by atoms with E-state index in [1.54, 1.807) is 0 Å². The molecule has 0 radical (unpaired) electrons. The van der Waals surface area contributed by atoms with Gasteiger partial charge in [0.2, 0.25) is 5.91 Å². The smallest absolute Gasteiger partial charge is 0.250 e. The average molecular weight is 272 g/mol. The predicted octanol–water partition coefficient (Wildman–Crippen LogP) is 2.56. The van der Waals surface area contributed by atoms with Crippen molar-refractivity contribution >= 4 is 27.5 Å². The third-order valence-corrected chi connectivity index (χ3v) is 2.48. The Kier molecular flexibility index (Phi) is 5.36. The van der Waals surface area contributed by atoms with Crippen LogP contribution in [0, 0.1) is 0 Å². The summed E-state index contributed by atoms with van der Waals surface area (Å²) in [5.74, 6) is -0.120. The zero-order valence-corrected chi connectivity index (χ0v) is 10.2. The third kappa shape index (κ3) is 4.01. The maximum Gasteiger partial charge on any atom is 0.250 e. The van der Waals surface area contributed by atoms with Gasteiger partial charge in [0.15, 0.2) is 0 Å². The van der Waals surface area contributed by atoms with E-state index >= 15 is 0 Å². The second kappa shape index (κ2) is 6.58. The molecular weight excluding hydrogens is 258 g/mol. The molecule has 0 fully saturated rings. The molecule has 0 aromatic heterocycles. The number of amides is 1. The third-order valence-electron chi connectivity index (χ3n) is 1.87. The lowest BCUT2D eigenvalue weighted by Crippen LogP contribution is -2.18. The number of benzene rings is 1. The van der Waals surface area contributed by atoms with Gasteiger partial charge in [-0.15, -0.1) is 0 Å². The summed E-state index contributed by atoms with van der Waals surface area (Å²) in [7, 11) is 0. The van der Waals surface area contributed by atoms with E-state index in [1.165, 1.54) is 0 Å². The summed E-state index contributed by atoms with van der Waals surface area (Å²) in [6, 6.07) is 7.67. The number of carbonyl (C=O) groups excluding carboxylic acids is 1. The fourth-order valence-electron chi connectivity index (χ4n) is 1.14. The van der Waals surface area contributed by atoms with Crippen molar-refractivity contribution in [3.05, 3.63) is 29.8 Å². The molecule has 1 N–H and O–H groups in total. The second-order valence-electron chi connectivity index (χ2n) is 2.98. The molecule has 0 aliphatic rings. The van der Waals surface area contributed by atoms with Crippen molar-refractivity contribution in [2.45, 2.75) is 12.3 Å². The van der Waals surface area contributed by atoms with Crippen LogP contribution in [0.4, 0.5) is 5.69 Å². The summed E-state index contributed by atoms with van der Waals surface area (Å²) >= 11 is 3.37. The molecule has 0 unspecified atom stereocenters. The van der Waals surface area contributed by atoms with Crippen LogP contribution >= 0.6 is 15.9 Å². The van der Waals surface area contributed by atoms with Gasteiger partial charge >= 0.3 is 0 Å². The number of ether oxygens (including phenoxy) is 1. The Labute approximate surface area is 97.9 Å². The minimum Gasteiger partial charge on any atom is -0.372 e. The molecule has 0 aliphatic carbocycles. The van der Waals surface area contributed by atoms with E-state index in [0.29, 0.717) is 6.61 Å². The Morgan fingerprint density at radius 1 is 1.47 bits per heavy atom. The lowest BCUT2D eigenvalue weighted by atomic mass is 10.2. The average Bonchev–Trinajstić information content (AvgIpc) is 2.27. The Hall–Kier alpha value is -0.870. The first-order chi connectivity index (χ1) is 7.27. The van der Waals surface area contributed by atoms with E-state index in [9.17, 15) is 4.79 Å². The first-order valence-corrected chi connectivity index (χ1v) is 5.91. The van der Waals surface area contributed by atoms with Crippen molar-refractivity contribution in [2.24, 2.45) is 0 Å². The number of alkyl halides is 1. The Morgan fingerprint density at radius 2 is 2.20 bits per heavy atom. The maximum atomic E-state index is 11.4. The Bertz CT molecular complexity index is 328. The fourth-order valence-corrected chi connectivity index (χ4v) is 1.63. The molecule has 0 saturated heterocycles. The number of rotatable bonds is 5. The van der Waals surface area contributed by atoms with Crippen LogP contribution in [-0.4, -0.2) is 19.1 Å². The molecule has 0 atom stereocenters. The summed E-state index contributed by atoms with van der Waals surface area (Å²) in [6.45, 7) is 2.51. The molecule has 1 aromatic carbocycles. The highest BCUT2D eigenvalue weighted by Gasteiger charge is 2.04. The number of hydrogen-bond acceptors (Lipinski definition) is 2. The highest BCUT2D eigenvalue weighted by molar-refractivity contribution is 9.08. The number of anilines is 1. The van der Waals surface area contributed by atoms with Gasteiger partial charge in [-0.1, -0.05) is 34.1 Å². The summed E-state index contributed by atoms with van der Waals surface area (Å²) in [5.41, 5.74) is 1.89. The minimum absolute atomic E-state index is 0.104. The monoisotopic (exact) mass is 271 g/mol. The lowest BCUT2D eigenvalue weighted by Gasteiger charge is -2.08. The van der Waals surface area contributed by atoms with Crippen molar-refractivity contribution in [1.82, 2.24) is 0 Å². The quantitative estimate of drug-likeness (QED) is 0.836. The molecule has 82 valence electrons. The molecule has 4 heteroatoms. The zero-order valence-electron chi connectivity index (χ0n) is 8.63.